The SMILES string of the molecule is CCCCCCCCCCOC(=O)C1CC=CC(C)C1C(=O)OCCCCCCCCCC. The third-order valence-corrected chi connectivity index (χ3v) is 6.89. The quantitative estimate of drug-likeness (QED) is 0.103. The number of esters is 2. The maximum atomic E-state index is 12.8. The first-order valence-corrected chi connectivity index (χ1v) is 14.1. The van der Waals surface area contributed by atoms with Gasteiger partial charge in [-0.05, 0) is 25.2 Å². The van der Waals surface area contributed by atoms with Crippen LogP contribution in [-0.2, 0) is 19.1 Å². The van der Waals surface area contributed by atoms with Crippen molar-refractivity contribution in [3.63, 3.8) is 0 Å². The van der Waals surface area contributed by atoms with Gasteiger partial charge in [0.2, 0.25) is 0 Å². The van der Waals surface area contributed by atoms with E-state index in [-0.39, 0.29) is 17.9 Å². The molecule has 33 heavy (non-hydrogen) atoms. The predicted molar refractivity (Wildman–Crippen MR) is 137 cm³/mol. The van der Waals surface area contributed by atoms with Crippen LogP contribution in [0.3, 0.4) is 0 Å². The average Bonchev–Trinajstić information content (AvgIpc) is 2.81. The number of allylic oxidation sites excluding steroid dienone is 2. The molecule has 0 saturated heterocycles. The minimum Gasteiger partial charge on any atom is -0.465 e. The Balaban J connectivity index is 2.25. The lowest BCUT2D eigenvalue weighted by Gasteiger charge is -2.30. The van der Waals surface area contributed by atoms with Crippen LogP contribution in [0, 0.1) is 17.8 Å². The molecule has 1 rings (SSSR count). The number of rotatable bonds is 20. The van der Waals surface area contributed by atoms with Gasteiger partial charge >= 0.3 is 11.9 Å². The minimum absolute atomic E-state index is 0.00508. The first-order valence-electron chi connectivity index (χ1n) is 14.1. The first kappa shape index (κ1) is 29.7. The number of carbonyl (C=O) groups is 2. The van der Waals surface area contributed by atoms with Gasteiger partial charge < -0.3 is 9.47 Å². The molecule has 3 unspecified atom stereocenters. The van der Waals surface area contributed by atoms with Crippen LogP contribution in [0.25, 0.3) is 0 Å². The molecule has 0 amide bonds. The Morgan fingerprint density at radius 1 is 0.667 bits per heavy atom. The van der Waals surface area contributed by atoms with Crippen LogP contribution in [0.1, 0.15) is 130 Å². The van der Waals surface area contributed by atoms with E-state index < -0.39 is 11.8 Å². The van der Waals surface area contributed by atoms with Crippen molar-refractivity contribution in [2.45, 2.75) is 130 Å². The fourth-order valence-corrected chi connectivity index (χ4v) is 4.71. The van der Waals surface area contributed by atoms with E-state index in [0.717, 1.165) is 25.7 Å². The Hall–Kier alpha value is -1.32. The van der Waals surface area contributed by atoms with E-state index in [9.17, 15) is 9.59 Å². The number of carbonyl (C=O) groups excluding carboxylic acids is 2. The Bertz CT molecular complexity index is 528. The van der Waals surface area contributed by atoms with Crippen LogP contribution in [0.2, 0.25) is 0 Å². The summed E-state index contributed by atoms with van der Waals surface area (Å²) in [5, 5.41) is 0. The van der Waals surface area contributed by atoms with E-state index in [1.165, 1.54) is 77.0 Å². The van der Waals surface area contributed by atoms with Gasteiger partial charge in [0, 0.05) is 0 Å². The van der Waals surface area contributed by atoms with Crippen LogP contribution in [0.5, 0.6) is 0 Å². The summed E-state index contributed by atoms with van der Waals surface area (Å²) < 4.78 is 11.2. The molecule has 4 heteroatoms. The van der Waals surface area contributed by atoms with Gasteiger partial charge in [-0.25, -0.2) is 0 Å². The van der Waals surface area contributed by atoms with Crippen LogP contribution >= 0.6 is 0 Å². The molecule has 0 heterocycles. The molecular formula is C29H52O4. The molecule has 0 fully saturated rings. The standard InChI is InChI=1S/C29H52O4/c1-4-6-8-10-12-14-16-18-23-32-28(30)26-22-20-21-25(3)27(26)29(31)33-24-19-17-15-13-11-9-7-5-2/h20-21,25-27H,4-19,22-24H2,1-3H3. The average molecular weight is 465 g/mol. The van der Waals surface area contributed by atoms with Gasteiger partial charge in [0.1, 0.15) is 0 Å². The number of unbranched alkanes of at least 4 members (excludes halogenated alkanes) is 14. The minimum atomic E-state index is -0.421. The lowest BCUT2D eigenvalue weighted by Crippen LogP contribution is -2.38. The molecule has 0 saturated carbocycles. The molecule has 0 aromatic carbocycles. The highest BCUT2D eigenvalue weighted by Crippen LogP contribution is 2.32. The fourth-order valence-electron chi connectivity index (χ4n) is 4.71. The molecule has 0 bridgehead atoms. The topological polar surface area (TPSA) is 52.6 Å². The smallest absolute Gasteiger partial charge is 0.310 e. The van der Waals surface area contributed by atoms with Crippen LogP contribution in [-0.4, -0.2) is 25.2 Å². The summed E-state index contributed by atoms with van der Waals surface area (Å²) in [5.41, 5.74) is 0. The molecule has 0 aromatic rings. The molecule has 1 aliphatic carbocycles. The van der Waals surface area contributed by atoms with Crippen molar-refractivity contribution in [1.29, 1.82) is 0 Å². The summed E-state index contributed by atoms with van der Waals surface area (Å²) in [6.45, 7) is 7.39. The second-order valence-electron chi connectivity index (χ2n) is 9.94. The second kappa shape index (κ2) is 20.1. The Morgan fingerprint density at radius 2 is 1.09 bits per heavy atom. The van der Waals surface area contributed by atoms with Crippen LogP contribution in [0.15, 0.2) is 12.2 Å². The third-order valence-electron chi connectivity index (χ3n) is 6.89. The van der Waals surface area contributed by atoms with Crippen molar-refractivity contribution in [3.05, 3.63) is 12.2 Å². The summed E-state index contributed by atoms with van der Waals surface area (Å²) in [4.78, 5) is 25.5. The van der Waals surface area contributed by atoms with Gasteiger partial charge in [0.15, 0.2) is 0 Å². The van der Waals surface area contributed by atoms with Crippen molar-refractivity contribution < 1.29 is 19.1 Å². The lowest BCUT2D eigenvalue weighted by atomic mass is 9.76. The van der Waals surface area contributed by atoms with Crippen molar-refractivity contribution in [2.75, 3.05) is 13.2 Å². The highest BCUT2D eigenvalue weighted by Gasteiger charge is 2.40. The molecule has 0 aliphatic heterocycles. The third kappa shape index (κ3) is 13.9. The molecular weight excluding hydrogens is 412 g/mol. The van der Waals surface area contributed by atoms with E-state index in [0.29, 0.717) is 19.6 Å². The molecule has 3 atom stereocenters. The van der Waals surface area contributed by atoms with Crippen LogP contribution < -0.4 is 0 Å². The molecule has 1 aliphatic rings. The maximum absolute atomic E-state index is 12.8. The zero-order valence-corrected chi connectivity index (χ0v) is 22.0. The van der Waals surface area contributed by atoms with Crippen molar-refractivity contribution in [3.8, 4) is 0 Å². The molecule has 0 N–H and O–H groups in total. The van der Waals surface area contributed by atoms with Crippen molar-refractivity contribution in [2.24, 2.45) is 17.8 Å². The maximum Gasteiger partial charge on any atom is 0.310 e. The van der Waals surface area contributed by atoms with Gasteiger partial charge in [-0.1, -0.05) is 123 Å². The highest BCUT2D eigenvalue weighted by molar-refractivity contribution is 5.83. The van der Waals surface area contributed by atoms with Gasteiger partial charge in [0.25, 0.3) is 0 Å². The summed E-state index contributed by atoms with van der Waals surface area (Å²) in [6.07, 6.45) is 24.1. The number of hydrogen-bond donors (Lipinski definition) is 0. The van der Waals surface area contributed by atoms with Gasteiger partial charge in [-0.3, -0.25) is 9.59 Å². The Labute approximate surface area is 204 Å². The van der Waals surface area contributed by atoms with Crippen LogP contribution in [0.4, 0.5) is 0 Å². The summed E-state index contributed by atoms with van der Waals surface area (Å²) in [7, 11) is 0. The number of hydrogen-bond acceptors (Lipinski definition) is 4. The van der Waals surface area contributed by atoms with E-state index in [1.807, 2.05) is 19.1 Å². The monoisotopic (exact) mass is 464 g/mol. The highest BCUT2D eigenvalue weighted by atomic mass is 16.5. The van der Waals surface area contributed by atoms with E-state index >= 15 is 0 Å². The molecule has 0 radical (unpaired) electrons. The number of ether oxygens (including phenoxy) is 2. The summed E-state index contributed by atoms with van der Waals surface area (Å²) in [5.74, 6) is -1.29. The zero-order chi connectivity index (χ0) is 24.2. The zero-order valence-electron chi connectivity index (χ0n) is 22.0. The fraction of sp³-hybridized carbons (Fsp3) is 0.862. The van der Waals surface area contributed by atoms with Gasteiger partial charge in [0.05, 0.1) is 25.0 Å². The van der Waals surface area contributed by atoms with E-state index in [1.54, 1.807) is 0 Å². The largest absolute Gasteiger partial charge is 0.465 e. The lowest BCUT2D eigenvalue weighted by molar-refractivity contribution is -0.162. The van der Waals surface area contributed by atoms with Gasteiger partial charge in [-0.15, -0.1) is 0 Å². The summed E-state index contributed by atoms with van der Waals surface area (Å²) >= 11 is 0. The normalized spacial score (nSPS) is 20.0. The Morgan fingerprint density at radius 3 is 1.58 bits per heavy atom. The van der Waals surface area contributed by atoms with Gasteiger partial charge in [-0.2, -0.15) is 0 Å². The van der Waals surface area contributed by atoms with E-state index in [2.05, 4.69) is 13.8 Å². The summed E-state index contributed by atoms with van der Waals surface area (Å²) in [6, 6.07) is 0. The van der Waals surface area contributed by atoms with Crippen molar-refractivity contribution in [1.82, 2.24) is 0 Å². The molecule has 4 nitrogen and oxygen atoms in total. The predicted octanol–water partition coefficient (Wildman–Crippen LogP) is 8.18. The Kier molecular flexibility index (Phi) is 18.1. The first-order chi connectivity index (χ1) is 16.1. The van der Waals surface area contributed by atoms with E-state index in [4.69, 9.17) is 9.47 Å². The second-order valence-corrected chi connectivity index (χ2v) is 9.94. The molecule has 0 spiro atoms. The molecule has 0 aromatic heterocycles. The molecule has 192 valence electrons. The van der Waals surface area contributed by atoms with Crippen molar-refractivity contribution >= 4 is 11.9 Å².